The molecule has 0 aromatic heterocycles. The molecule has 1 N–H and O–H groups in total. The van der Waals surface area contributed by atoms with Gasteiger partial charge in [-0.25, -0.2) is 8.42 Å². The minimum atomic E-state index is -3.41. The second-order valence-electron chi connectivity index (χ2n) is 5.18. The van der Waals surface area contributed by atoms with E-state index in [-0.39, 0.29) is 18.4 Å². The molecule has 0 spiro atoms. The number of sulfonamides is 1. The van der Waals surface area contributed by atoms with Crippen LogP contribution < -0.4 is 5.32 Å². The lowest BCUT2D eigenvalue weighted by molar-refractivity contribution is 0.284. The number of benzene rings is 2. The van der Waals surface area contributed by atoms with Crippen molar-refractivity contribution in [3.8, 4) is 0 Å². The minimum absolute atomic E-state index is 0. The molecule has 0 saturated carbocycles. The normalized spacial score (nSPS) is 20.1. The average Bonchev–Trinajstić information content (AvgIpc) is 2.47. The van der Waals surface area contributed by atoms with Gasteiger partial charge in [0.2, 0.25) is 10.0 Å². The Balaban J connectivity index is 0.00000161. The fourth-order valence-electron chi connectivity index (χ4n) is 2.64. The van der Waals surface area contributed by atoms with Crippen LogP contribution in [0, 0.1) is 0 Å². The lowest BCUT2D eigenvalue weighted by Gasteiger charge is -2.32. The van der Waals surface area contributed by atoms with Gasteiger partial charge in [-0.15, -0.1) is 12.4 Å². The van der Waals surface area contributed by atoms with Crippen LogP contribution in [-0.4, -0.2) is 38.4 Å². The molecule has 2 aromatic carbocycles. The molecule has 0 bridgehead atoms. The maximum absolute atomic E-state index is 12.7. The first-order valence-electron chi connectivity index (χ1n) is 6.80. The summed E-state index contributed by atoms with van der Waals surface area (Å²) in [6, 6.07) is 13.1. The summed E-state index contributed by atoms with van der Waals surface area (Å²) in [5.74, 6) is 0. The molecule has 0 radical (unpaired) electrons. The van der Waals surface area contributed by atoms with Gasteiger partial charge < -0.3 is 5.32 Å². The standard InChI is InChI=1S/C15H18N2O2S.ClH/c1-12-11-16-8-9-17(12)20(18,19)15-7-6-13-4-2-3-5-14(13)10-15;/h2-7,10,12,16H,8-9,11H2,1H3;1H. The number of rotatable bonds is 2. The van der Waals surface area contributed by atoms with Crippen molar-refractivity contribution in [1.29, 1.82) is 0 Å². The molecule has 1 aliphatic rings. The van der Waals surface area contributed by atoms with Crippen molar-refractivity contribution in [3.63, 3.8) is 0 Å². The Hall–Kier alpha value is -1.14. The second-order valence-corrected chi connectivity index (χ2v) is 7.07. The molecule has 114 valence electrons. The van der Waals surface area contributed by atoms with E-state index in [1.807, 2.05) is 37.3 Å². The van der Waals surface area contributed by atoms with Gasteiger partial charge in [-0.3, -0.25) is 0 Å². The van der Waals surface area contributed by atoms with Crippen LogP contribution in [0.25, 0.3) is 10.8 Å². The summed E-state index contributed by atoms with van der Waals surface area (Å²) in [5.41, 5.74) is 0. The number of nitrogens with zero attached hydrogens (tertiary/aromatic N) is 1. The summed E-state index contributed by atoms with van der Waals surface area (Å²) in [6.07, 6.45) is 0. The van der Waals surface area contributed by atoms with Gasteiger partial charge in [-0.1, -0.05) is 30.3 Å². The molecule has 1 heterocycles. The third-order valence-corrected chi connectivity index (χ3v) is 5.78. The van der Waals surface area contributed by atoms with E-state index >= 15 is 0 Å². The number of halogens is 1. The van der Waals surface area contributed by atoms with Crippen molar-refractivity contribution in [2.24, 2.45) is 0 Å². The molecule has 4 nitrogen and oxygen atoms in total. The molecule has 2 aromatic rings. The number of hydrogen-bond acceptors (Lipinski definition) is 3. The third kappa shape index (κ3) is 3.06. The Morgan fingerprint density at radius 2 is 1.86 bits per heavy atom. The zero-order valence-electron chi connectivity index (χ0n) is 11.8. The van der Waals surface area contributed by atoms with Crippen LogP contribution in [0.1, 0.15) is 6.92 Å². The predicted octanol–water partition coefficient (Wildman–Crippen LogP) is 2.24. The SMILES string of the molecule is CC1CNCCN1S(=O)(=O)c1ccc2ccccc2c1.Cl. The minimum Gasteiger partial charge on any atom is -0.314 e. The van der Waals surface area contributed by atoms with Crippen LogP contribution in [0.5, 0.6) is 0 Å². The van der Waals surface area contributed by atoms with Gasteiger partial charge in [0, 0.05) is 25.7 Å². The van der Waals surface area contributed by atoms with Gasteiger partial charge in [-0.2, -0.15) is 4.31 Å². The Kier molecular flexibility index (Phi) is 4.88. The Labute approximate surface area is 131 Å². The zero-order chi connectivity index (χ0) is 14.2. The molecule has 1 aliphatic heterocycles. The summed E-state index contributed by atoms with van der Waals surface area (Å²) in [4.78, 5) is 0.380. The Morgan fingerprint density at radius 3 is 2.57 bits per heavy atom. The molecule has 1 atom stereocenters. The molecule has 1 saturated heterocycles. The van der Waals surface area contributed by atoms with E-state index in [0.29, 0.717) is 24.5 Å². The topological polar surface area (TPSA) is 49.4 Å². The highest BCUT2D eigenvalue weighted by Crippen LogP contribution is 2.23. The molecule has 21 heavy (non-hydrogen) atoms. The number of nitrogens with one attached hydrogen (secondary N) is 1. The first-order chi connectivity index (χ1) is 9.59. The van der Waals surface area contributed by atoms with Crippen molar-refractivity contribution in [1.82, 2.24) is 9.62 Å². The highest BCUT2D eigenvalue weighted by atomic mass is 35.5. The van der Waals surface area contributed by atoms with E-state index in [1.165, 1.54) is 0 Å². The maximum Gasteiger partial charge on any atom is 0.243 e. The summed E-state index contributed by atoms with van der Waals surface area (Å²) in [6.45, 7) is 3.87. The highest BCUT2D eigenvalue weighted by molar-refractivity contribution is 7.89. The van der Waals surface area contributed by atoms with Crippen molar-refractivity contribution >= 4 is 33.2 Å². The fraction of sp³-hybridized carbons (Fsp3) is 0.333. The van der Waals surface area contributed by atoms with Crippen LogP contribution in [-0.2, 0) is 10.0 Å². The zero-order valence-corrected chi connectivity index (χ0v) is 13.5. The summed E-state index contributed by atoms with van der Waals surface area (Å²) in [5, 5.41) is 5.22. The molecular weight excluding hydrogens is 308 g/mol. The summed E-state index contributed by atoms with van der Waals surface area (Å²) >= 11 is 0. The van der Waals surface area contributed by atoms with Gasteiger partial charge in [0.15, 0.2) is 0 Å². The van der Waals surface area contributed by atoms with E-state index in [4.69, 9.17) is 0 Å². The lowest BCUT2D eigenvalue weighted by atomic mass is 10.1. The van der Waals surface area contributed by atoms with Crippen molar-refractivity contribution in [2.45, 2.75) is 17.9 Å². The summed E-state index contributed by atoms with van der Waals surface area (Å²) in [7, 11) is -3.41. The van der Waals surface area contributed by atoms with Crippen LogP contribution >= 0.6 is 12.4 Å². The van der Waals surface area contributed by atoms with Gasteiger partial charge in [0.25, 0.3) is 0 Å². The largest absolute Gasteiger partial charge is 0.314 e. The van der Waals surface area contributed by atoms with Crippen LogP contribution in [0.4, 0.5) is 0 Å². The monoisotopic (exact) mass is 326 g/mol. The lowest BCUT2D eigenvalue weighted by Crippen LogP contribution is -2.52. The smallest absolute Gasteiger partial charge is 0.243 e. The fourth-order valence-corrected chi connectivity index (χ4v) is 4.31. The first-order valence-corrected chi connectivity index (χ1v) is 8.24. The molecule has 0 aliphatic carbocycles. The Bertz CT molecular complexity index is 733. The van der Waals surface area contributed by atoms with Gasteiger partial charge >= 0.3 is 0 Å². The molecule has 6 heteroatoms. The van der Waals surface area contributed by atoms with Crippen LogP contribution in [0.15, 0.2) is 47.4 Å². The molecule has 0 amide bonds. The van der Waals surface area contributed by atoms with Crippen molar-refractivity contribution in [3.05, 3.63) is 42.5 Å². The van der Waals surface area contributed by atoms with E-state index in [1.54, 1.807) is 16.4 Å². The van der Waals surface area contributed by atoms with E-state index in [9.17, 15) is 8.42 Å². The van der Waals surface area contributed by atoms with Crippen molar-refractivity contribution < 1.29 is 8.42 Å². The third-order valence-electron chi connectivity index (χ3n) is 3.77. The van der Waals surface area contributed by atoms with Crippen LogP contribution in [0.3, 0.4) is 0 Å². The molecule has 3 rings (SSSR count). The summed E-state index contributed by atoms with van der Waals surface area (Å²) < 4.78 is 27.1. The molecule has 1 fully saturated rings. The number of hydrogen-bond donors (Lipinski definition) is 1. The van der Waals surface area contributed by atoms with Gasteiger partial charge in [-0.05, 0) is 29.8 Å². The van der Waals surface area contributed by atoms with E-state index < -0.39 is 10.0 Å². The van der Waals surface area contributed by atoms with E-state index in [0.717, 1.165) is 10.8 Å². The molecule has 1 unspecified atom stereocenters. The predicted molar refractivity (Wildman–Crippen MR) is 87.4 cm³/mol. The Morgan fingerprint density at radius 1 is 1.14 bits per heavy atom. The first kappa shape index (κ1) is 16.2. The average molecular weight is 327 g/mol. The highest BCUT2D eigenvalue weighted by Gasteiger charge is 2.30. The second kappa shape index (κ2) is 6.32. The van der Waals surface area contributed by atoms with Gasteiger partial charge in [0.1, 0.15) is 0 Å². The maximum atomic E-state index is 12.7. The van der Waals surface area contributed by atoms with E-state index in [2.05, 4.69) is 5.32 Å². The van der Waals surface area contributed by atoms with Crippen LogP contribution in [0.2, 0.25) is 0 Å². The van der Waals surface area contributed by atoms with Crippen molar-refractivity contribution in [2.75, 3.05) is 19.6 Å². The number of piperazine rings is 1. The molecular formula is C15H19ClN2O2S. The number of fused-ring (bicyclic) bond motifs is 1. The quantitative estimate of drug-likeness (QED) is 0.921. The van der Waals surface area contributed by atoms with Gasteiger partial charge in [0.05, 0.1) is 4.90 Å².